The van der Waals surface area contributed by atoms with Crippen molar-refractivity contribution in [2.45, 2.75) is 37.6 Å². The number of hydrogen-bond donors (Lipinski definition) is 1. The van der Waals surface area contributed by atoms with E-state index in [2.05, 4.69) is 30.0 Å². The van der Waals surface area contributed by atoms with Crippen LogP contribution in [-0.2, 0) is 21.7 Å². The van der Waals surface area contributed by atoms with Crippen LogP contribution in [0.5, 0.6) is 0 Å². The highest BCUT2D eigenvalue weighted by Gasteiger charge is 2.56. The quantitative estimate of drug-likeness (QED) is 0.630. The molecule has 0 saturated heterocycles. The normalized spacial score (nSPS) is 25.6. The highest BCUT2D eigenvalue weighted by Crippen LogP contribution is 2.56. The minimum absolute atomic E-state index is 0.0535. The molecule has 6 heteroatoms. The third-order valence-corrected chi connectivity index (χ3v) is 6.22. The van der Waals surface area contributed by atoms with Crippen LogP contribution in [0.25, 0.3) is 5.57 Å². The Kier molecular flexibility index (Phi) is 4.30. The zero-order valence-electron chi connectivity index (χ0n) is 14.3. The Balaban J connectivity index is 1.81. The lowest BCUT2D eigenvalue weighted by molar-refractivity contribution is 0.426. The number of nitrogens with zero attached hydrogens (tertiary/aromatic N) is 2. The summed E-state index contributed by atoms with van der Waals surface area (Å²) in [6.07, 6.45) is 6.43. The van der Waals surface area contributed by atoms with Gasteiger partial charge < -0.3 is 5.73 Å². The number of benzene rings is 1. The van der Waals surface area contributed by atoms with Crippen molar-refractivity contribution in [1.29, 1.82) is 0 Å². The fraction of sp³-hybridized carbons (Fsp3) is 0.500. The molecule has 0 bridgehead atoms. The van der Waals surface area contributed by atoms with Crippen LogP contribution in [0.2, 0.25) is 0 Å². The zero-order chi connectivity index (χ0) is 17.5. The van der Waals surface area contributed by atoms with E-state index >= 15 is 0 Å². The van der Waals surface area contributed by atoms with Crippen molar-refractivity contribution in [3.8, 4) is 0 Å². The third kappa shape index (κ3) is 3.26. The van der Waals surface area contributed by atoms with E-state index in [4.69, 9.17) is 5.73 Å². The van der Waals surface area contributed by atoms with Crippen molar-refractivity contribution >= 4 is 22.1 Å². The molecule has 24 heavy (non-hydrogen) atoms. The van der Waals surface area contributed by atoms with Crippen LogP contribution in [0.1, 0.15) is 36.5 Å². The van der Waals surface area contributed by atoms with Crippen molar-refractivity contribution < 1.29 is 8.42 Å². The predicted molar refractivity (Wildman–Crippen MR) is 98.7 cm³/mol. The molecule has 2 unspecified atom stereocenters. The van der Waals surface area contributed by atoms with Gasteiger partial charge in [-0.3, -0.25) is 5.01 Å². The van der Waals surface area contributed by atoms with E-state index in [1.54, 1.807) is 5.01 Å². The lowest BCUT2D eigenvalue weighted by atomic mass is 9.94. The number of allylic oxidation sites excluding steroid dienone is 1. The molecule has 0 amide bonds. The van der Waals surface area contributed by atoms with Crippen molar-refractivity contribution in [2.24, 2.45) is 10.8 Å². The van der Waals surface area contributed by atoms with Gasteiger partial charge in [0.15, 0.2) is 0 Å². The molecule has 0 aromatic heterocycles. The number of rotatable bonds is 6. The summed E-state index contributed by atoms with van der Waals surface area (Å²) in [5.41, 5.74) is 11.4. The van der Waals surface area contributed by atoms with E-state index < -0.39 is 9.84 Å². The summed E-state index contributed by atoms with van der Waals surface area (Å²) >= 11 is 0. The molecule has 0 radical (unpaired) electrons. The van der Waals surface area contributed by atoms with Gasteiger partial charge >= 0.3 is 0 Å². The Morgan fingerprint density at radius 1 is 1.54 bits per heavy atom. The maximum atomic E-state index is 11.3. The summed E-state index contributed by atoms with van der Waals surface area (Å²) < 4.78 is 22.6. The minimum Gasteiger partial charge on any atom is -0.327 e. The van der Waals surface area contributed by atoms with Gasteiger partial charge in [-0.25, -0.2) is 8.42 Å². The molecular weight excluding hydrogens is 322 g/mol. The number of aryl methyl sites for hydroxylation is 1. The molecule has 5 nitrogen and oxygen atoms in total. The number of hydrazone groups is 1. The monoisotopic (exact) mass is 347 g/mol. The van der Waals surface area contributed by atoms with Gasteiger partial charge in [0, 0.05) is 30.6 Å². The first kappa shape index (κ1) is 17.2. The van der Waals surface area contributed by atoms with E-state index in [0.29, 0.717) is 12.6 Å². The molecule has 2 aliphatic carbocycles. The molecule has 1 aromatic rings. The highest BCUT2D eigenvalue weighted by molar-refractivity contribution is 7.90. The second-order valence-corrected chi connectivity index (χ2v) is 9.34. The van der Waals surface area contributed by atoms with Crippen LogP contribution >= 0.6 is 0 Å². The average Bonchev–Trinajstić information content (AvgIpc) is 3.03. The second kappa shape index (κ2) is 6.01. The van der Waals surface area contributed by atoms with Crippen molar-refractivity contribution in [1.82, 2.24) is 5.01 Å². The molecule has 1 spiro atoms. The predicted octanol–water partition coefficient (Wildman–Crippen LogP) is 1.92. The Labute approximate surface area is 144 Å². The smallest absolute Gasteiger partial charge is 0.149 e. The van der Waals surface area contributed by atoms with Gasteiger partial charge in [-0.15, -0.1) is 0 Å². The summed E-state index contributed by atoms with van der Waals surface area (Å²) in [6.45, 7) is 5.84. The molecule has 0 heterocycles. The molecule has 130 valence electrons. The topological polar surface area (TPSA) is 75.8 Å². The summed E-state index contributed by atoms with van der Waals surface area (Å²) in [4.78, 5) is 0. The molecule has 1 fully saturated rings. The van der Waals surface area contributed by atoms with Crippen LogP contribution in [0.4, 0.5) is 0 Å². The molecule has 2 aliphatic rings. The fourth-order valence-electron chi connectivity index (χ4n) is 3.66. The maximum absolute atomic E-state index is 11.3. The zero-order valence-corrected chi connectivity index (χ0v) is 15.1. The highest BCUT2D eigenvalue weighted by atomic mass is 32.2. The van der Waals surface area contributed by atoms with E-state index in [0.717, 1.165) is 30.4 Å². The molecule has 0 aliphatic heterocycles. The van der Waals surface area contributed by atoms with Crippen molar-refractivity contribution in [3.05, 3.63) is 41.1 Å². The van der Waals surface area contributed by atoms with Gasteiger partial charge in [-0.05, 0) is 48.4 Å². The van der Waals surface area contributed by atoms with Gasteiger partial charge in [0.2, 0.25) is 0 Å². The molecule has 3 rings (SSSR count). The molecular formula is C18H25N3O2S. The van der Waals surface area contributed by atoms with Gasteiger partial charge in [0.25, 0.3) is 0 Å². The molecule has 2 N–H and O–H groups in total. The largest absolute Gasteiger partial charge is 0.327 e. The van der Waals surface area contributed by atoms with Crippen LogP contribution in [0, 0.1) is 0 Å². The van der Waals surface area contributed by atoms with Gasteiger partial charge in [-0.2, -0.15) is 5.10 Å². The SMILES string of the molecule is C=NN(/C=C(\C)c1ccc2c(c1)C1(CC2)CC1N)CCS(C)(=O)=O. The lowest BCUT2D eigenvalue weighted by Crippen LogP contribution is -2.20. The summed E-state index contributed by atoms with van der Waals surface area (Å²) in [5.74, 6) is 0.0535. The summed E-state index contributed by atoms with van der Waals surface area (Å²) in [6, 6.07) is 6.86. The summed E-state index contributed by atoms with van der Waals surface area (Å²) in [5, 5.41) is 5.49. The van der Waals surface area contributed by atoms with E-state index in [-0.39, 0.29) is 11.2 Å². The standard InChI is InChI=1S/C18H25N3O2S/c1-13(12-21(20-2)8-9-24(3,22)23)15-5-4-14-6-7-18(11-17(18)19)16(14)10-15/h4-5,10,12,17H,2,6-9,11,19H2,1,3H3/b13-12+. The average molecular weight is 347 g/mol. The fourth-order valence-corrected chi connectivity index (χ4v) is 4.18. The minimum atomic E-state index is -3.02. The summed E-state index contributed by atoms with van der Waals surface area (Å²) in [7, 11) is -3.02. The Hall–Kier alpha value is -1.66. The number of hydrogen-bond acceptors (Lipinski definition) is 5. The first-order chi connectivity index (χ1) is 11.2. The second-order valence-electron chi connectivity index (χ2n) is 7.09. The van der Waals surface area contributed by atoms with Crippen LogP contribution in [0.3, 0.4) is 0 Å². The lowest BCUT2D eigenvalue weighted by Gasteiger charge is -2.16. The van der Waals surface area contributed by atoms with Crippen molar-refractivity contribution in [3.63, 3.8) is 0 Å². The van der Waals surface area contributed by atoms with Crippen LogP contribution in [-0.4, -0.2) is 44.7 Å². The Morgan fingerprint density at radius 2 is 2.25 bits per heavy atom. The number of nitrogens with two attached hydrogens (primary N) is 1. The van der Waals surface area contributed by atoms with E-state index in [1.165, 1.54) is 17.4 Å². The molecule has 1 aromatic carbocycles. The van der Waals surface area contributed by atoms with E-state index in [1.807, 2.05) is 13.1 Å². The van der Waals surface area contributed by atoms with Crippen LogP contribution < -0.4 is 5.73 Å². The van der Waals surface area contributed by atoms with Gasteiger partial charge in [-0.1, -0.05) is 18.2 Å². The maximum Gasteiger partial charge on any atom is 0.149 e. The number of sulfone groups is 1. The Bertz CT molecular complexity index is 800. The Morgan fingerprint density at radius 3 is 2.83 bits per heavy atom. The van der Waals surface area contributed by atoms with E-state index in [9.17, 15) is 8.42 Å². The van der Waals surface area contributed by atoms with Crippen LogP contribution in [0.15, 0.2) is 29.5 Å². The van der Waals surface area contributed by atoms with Gasteiger partial charge in [0.1, 0.15) is 9.84 Å². The van der Waals surface area contributed by atoms with Gasteiger partial charge in [0.05, 0.1) is 12.3 Å². The third-order valence-electron chi connectivity index (χ3n) is 5.29. The number of fused-ring (bicyclic) bond motifs is 2. The molecule has 1 saturated carbocycles. The molecule has 2 atom stereocenters. The first-order valence-corrected chi connectivity index (χ1v) is 10.3. The van der Waals surface area contributed by atoms with Crippen molar-refractivity contribution in [2.75, 3.05) is 18.6 Å². The first-order valence-electron chi connectivity index (χ1n) is 8.24.